The van der Waals surface area contributed by atoms with E-state index in [2.05, 4.69) is 0 Å². The van der Waals surface area contributed by atoms with Crippen LogP contribution in [0, 0.1) is 0 Å². The SMILES string of the molecule is CCO.[Cl-].[Cl-].[Cl-].[Hf]. The fourth-order valence-corrected chi connectivity index (χ4v) is 0. The Hall–Kier alpha value is 1.70. The van der Waals surface area contributed by atoms with Gasteiger partial charge in [0.05, 0.1) is 0 Å². The summed E-state index contributed by atoms with van der Waals surface area (Å²) in [6, 6.07) is 0. The van der Waals surface area contributed by atoms with E-state index >= 15 is 0 Å². The number of hydrogen-bond acceptors (Lipinski definition) is 1. The Bertz CT molecular complexity index is 12.9. The van der Waals surface area contributed by atoms with Crippen molar-refractivity contribution in [2.24, 2.45) is 0 Å². The van der Waals surface area contributed by atoms with Gasteiger partial charge in [0.15, 0.2) is 0 Å². The van der Waals surface area contributed by atoms with E-state index in [0.29, 0.717) is 0 Å². The zero-order valence-electron chi connectivity index (χ0n) is 3.79. The molecule has 0 aromatic carbocycles. The van der Waals surface area contributed by atoms with E-state index in [1.54, 1.807) is 6.92 Å². The molecule has 1 nitrogen and oxygen atoms in total. The van der Waals surface area contributed by atoms with Crippen LogP contribution < -0.4 is 37.2 Å². The summed E-state index contributed by atoms with van der Waals surface area (Å²) in [7, 11) is 0. The predicted molar refractivity (Wildman–Crippen MR) is 12.8 cm³/mol. The van der Waals surface area contributed by atoms with Crippen LogP contribution in [0.5, 0.6) is 0 Å². The van der Waals surface area contributed by atoms with Gasteiger partial charge in [-0.05, 0) is 6.92 Å². The Morgan fingerprint density at radius 3 is 1.14 bits per heavy atom. The van der Waals surface area contributed by atoms with E-state index in [4.69, 9.17) is 5.11 Å². The number of hydrogen-bond donors (Lipinski definition) is 1. The molecule has 0 radical (unpaired) electrons. The summed E-state index contributed by atoms with van der Waals surface area (Å²) in [4.78, 5) is 0. The molecule has 0 aliphatic heterocycles. The first kappa shape index (κ1) is 37.7. The molecule has 0 saturated carbocycles. The van der Waals surface area contributed by atoms with Crippen LogP contribution in [0.1, 0.15) is 6.92 Å². The molecule has 0 rings (SSSR count). The molecule has 0 saturated heterocycles. The molecule has 0 aliphatic carbocycles. The van der Waals surface area contributed by atoms with Crippen molar-refractivity contribution in [1.29, 1.82) is 0 Å². The third kappa shape index (κ3) is 86.6. The molecule has 0 bridgehead atoms. The molecule has 7 heavy (non-hydrogen) atoms. The van der Waals surface area contributed by atoms with Crippen LogP contribution >= 0.6 is 0 Å². The molecule has 0 atom stereocenters. The molecule has 0 heterocycles. The fraction of sp³-hybridized carbons (Fsp3) is 1.00. The van der Waals surface area contributed by atoms with Gasteiger partial charge in [-0.15, -0.1) is 0 Å². The average molecular weight is 331 g/mol. The first-order chi connectivity index (χ1) is 1.41. The largest absolute Gasteiger partial charge is 1.00 e. The molecule has 0 amide bonds. The molecule has 0 unspecified atom stereocenters. The summed E-state index contributed by atoms with van der Waals surface area (Å²) in [6.45, 7) is 1.93. The van der Waals surface area contributed by atoms with E-state index in [-0.39, 0.29) is 69.7 Å². The second-order valence-corrected chi connectivity index (χ2v) is 0.316. The normalized spacial score (nSPS) is 2.57. The van der Waals surface area contributed by atoms with Crippen molar-refractivity contribution >= 4 is 0 Å². The average Bonchev–Trinajstić information content (AvgIpc) is 0.918. The van der Waals surface area contributed by atoms with Crippen molar-refractivity contribution in [3.05, 3.63) is 0 Å². The molecule has 48 valence electrons. The van der Waals surface area contributed by atoms with Crippen LogP contribution in [0.3, 0.4) is 0 Å². The maximum atomic E-state index is 7.57. The molecule has 5 heteroatoms. The van der Waals surface area contributed by atoms with Crippen LogP contribution in [-0.2, 0) is 25.8 Å². The fourth-order valence-electron chi connectivity index (χ4n) is 0. The van der Waals surface area contributed by atoms with E-state index < -0.39 is 0 Å². The van der Waals surface area contributed by atoms with Gasteiger partial charge in [0.2, 0.25) is 0 Å². The van der Waals surface area contributed by atoms with E-state index in [1.807, 2.05) is 0 Å². The topological polar surface area (TPSA) is 20.2 Å². The second kappa shape index (κ2) is 47.4. The maximum absolute atomic E-state index is 7.57. The van der Waals surface area contributed by atoms with Crippen LogP contribution in [0.15, 0.2) is 0 Å². The summed E-state index contributed by atoms with van der Waals surface area (Å²) >= 11 is 0. The Kier molecular flexibility index (Phi) is 255. The number of aliphatic hydroxyl groups is 1. The Morgan fingerprint density at radius 1 is 1.14 bits per heavy atom. The van der Waals surface area contributed by atoms with E-state index in [9.17, 15) is 0 Å². The smallest absolute Gasteiger partial charge is 0.0402 e. The van der Waals surface area contributed by atoms with Crippen molar-refractivity contribution in [3.63, 3.8) is 0 Å². The zero-order valence-corrected chi connectivity index (χ0v) is 9.65. The summed E-state index contributed by atoms with van der Waals surface area (Å²) in [5, 5.41) is 7.57. The quantitative estimate of drug-likeness (QED) is 0.438. The van der Waals surface area contributed by atoms with Crippen molar-refractivity contribution in [2.75, 3.05) is 6.61 Å². The molecule has 0 aromatic rings. The number of rotatable bonds is 0. The molecule has 0 spiro atoms. The molecule has 0 aliphatic rings. The minimum absolute atomic E-state index is 0. The van der Waals surface area contributed by atoms with Crippen LogP contribution in [0.4, 0.5) is 0 Å². The van der Waals surface area contributed by atoms with Crippen LogP contribution in [-0.4, -0.2) is 11.7 Å². The molecule has 0 fully saturated rings. The molecular weight excluding hydrogens is 325 g/mol. The minimum Gasteiger partial charge on any atom is -1.00 e. The Morgan fingerprint density at radius 2 is 1.14 bits per heavy atom. The van der Waals surface area contributed by atoms with Crippen LogP contribution in [0.25, 0.3) is 0 Å². The van der Waals surface area contributed by atoms with Gasteiger partial charge in [-0.2, -0.15) is 0 Å². The number of halogens is 3. The second-order valence-electron chi connectivity index (χ2n) is 0.316. The predicted octanol–water partition coefficient (Wildman–Crippen LogP) is -8.99. The van der Waals surface area contributed by atoms with Crippen molar-refractivity contribution in [2.45, 2.75) is 6.92 Å². The van der Waals surface area contributed by atoms with Gasteiger partial charge in [-0.1, -0.05) is 0 Å². The first-order valence-corrected chi connectivity index (χ1v) is 1.02. The molecule has 0 aromatic heterocycles. The monoisotopic (exact) mass is 331 g/mol. The maximum Gasteiger partial charge on any atom is 0.0402 e. The zero-order chi connectivity index (χ0) is 2.71. The summed E-state index contributed by atoms with van der Waals surface area (Å²) in [6.07, 6.45) is 0. The van der Waals surface area contributed by atoms with Gasteiger partial charge >= 0.3 is 0 Å². The van der Waals surface area contributed by atoms with Crippen molar-refractivity contribution in [3.8, 4) is 0 Å². The Labute approximate surface area is 81.3 Å². The van der Waals surface area contributed by atoms with Crippen molar-refractivity contribution in [1.82, 2.24) is 0 Å². The van der Waals surface area contributed by atoms with E-state index in [0.717, 1.165) is 0 Å². The summed E-state index contributed by atoms with van der Waals surface area (Å²) in [5.41, 5.74) is 0. The Balaban J connectivity index is -0.00000000333. The van der Waals surface area contributed by atoms with Crippen molar-refractivity contribution < 1.29 is 68.2 Å². The van der Waals surface area contributed by atoms with E-state index in [1.165, 1.54) is 0 Å². The van der Waals surface area contributed by atoms with Gasteiger partial charge in [-0.3, -0.25) is 0 Å². The summed E-state index contributed by atoms with van der Waals surface area (Å²) in [5.74, 6) is 0. The third-order valence-electron chi connectivity index (χ3n) is 0. The van der Waals surface area contributed by atoms with Gasteiger partial charge < -0.3 is 42.3 Å². The third-order valence-corrected chi connectivity index (χ3v) is 0. The van der Waals surface area contributed by atoms with Gasteiger partial charge in [-0.25, -0.2) is 0 Å². The molecule has 1 N–H and O–H groups in total. The minimum atomic E-state index is 0. The molecular formula is C2H6Cl3HfO-3. The first-order valence-electron chi connectivity index (χ1n) is 1.02. The van der Waals surface area contributed by atoms with Gasteiger partial charge in [0, 0.05) is 32.5 Å². The van der Waals surface area contributed by atoms with Crippen LogP contribution in [0.2, 0.25) is 0 Å². The summed E-state index contributed by atoms with van der Waals surface area (Å²) < 4.78 is 0. The number of aliphatic hydroxyl groups excluding tert-OH is 1. The van der Waals surface area contributed by atoms with Gasteiger partial charge in [0.25, 0.3) is 0 Å². The van der Waals surface area contributed by atoms with Gasteiger partial charge in [0.1, 0.15) is 0 Å². The standard InChI is InChI=1S/C2H6O.3ClH.Hf/c1-2-3;;;;/h3H,2H2,1H3;3*1H;/p-3.